The van der Waals surface area contributed by atoms with Crippen molar-refractivity contribution in [2.24, 2.45) is 0 Å². The van der Waals surface area contributed by atoms with Crippen LogP contribution in [0.2, 0.25) is 0 Å². The van der Waals surface area contributed by atoms with Crippen LogP contribution in [0.15, 0.2) is 32.9 Å². The second-order valence-electron chi connectivity index (χ2n) is 4.28. The first-order valence-corrected chi connectivity index (χ1v) is 8.86. The van der Waals surface area contributed by atoms with E-state index in [0.29, 0.717) is 11.4 Å². The zero-order valence-electron chi connectivity index (χ0n) is 11.2. The molecule has 7 heteroatoms. The number of nitrogens with one attached hydrogen (secondary N) is 1. The third-order valence-electron chi connectivity index (χ3n) is 2.73. The number of hydrogen-bond acceptors (Lipinski definition) is 4. The van der Waals surface area contributed by atoms with E-state index >= 15 is 0 Å². The van der Waals surface area contributed by atoms with Crippen LogP contribution in [0.3, 0.4) is 0 Å². The zero-order chi connectivity index (χ0) is 14.9. The highest BCUT2D eigenvalue weighted by atomic mass is 79.9. The van der Waals surface area contributed by atoms with Gasteiger partial charge in [-0.2, -0.15) is 0 Å². The van der Waals surface area contributed by atoms with Gasteiger partial charge in [0.1, 0.15) is 10.6 Å². The third-order valence-corrected chi connectivity index (χ3v) is 5.91. The average Bonchev–Trinajstić information content (AvgIpc) is 2.71. The van der Waals surface area contributed by atoms with Gasteiger partial charge in [0, 0.05) is 4.88 Å². The molecular formula is C13H14BrNO3S2. The maximum atomic E-state index is 12.4. The summed E-state index contributed by atoms with van der Waals surface area (Å²) in [5, 5.41) is 0. The Kier molecular flexibility index (Phi) is 4.41. The standard InChI is InChI=1S/C13H14BrNO3S2/c1-8-4-5-10(11(6-8)18-3)15-20(16,17)12-7-13(14)19-9(12)2/h4-7,15H,1-3H3. The Balaban J connectivity index is 2.41. The molecular weight excluding hydrogens is 362 g/mol. The maximum absolute atomic E-state index is 12.4. The van der Waals surface area contributed by atoms with E-state index in [4.69, 9.17) is 4.74 Å². The Morgan fingerprint density at radius 3 is 2.50 bits per heavy atom. The van der Waals surface area contributed by atoms with Crippen molar-refractivity contribution in [2.45, 2.75) is 18.7 Å². The Labute approximate surface area is 131 Å². The van der Waals surface area contributed by atoms with Crippen molar-refractivity contribution >= 4 is 43.0 Å². The van der Waals surface area contributed by atoms with Crippen LogP contribution in [-0.2, 0) is 10.0 Å². The molecule has 1 aromatic carbocycles. The second kappa shape index (κ2) is 5.75. The van der Waals surface area contributed by atoms with E-state index in [1.165, 1.54) is 18.4 Å². The molecule has 4 nitrogen and oxygen atoms in total. The molecule has 20 heavy (non-hydrogen) atoms. The van der Waals surface area contributed by atoms with Crippen LogP contribution < -0.4 is 9.46 Å². The summed E-state index contributed by atoms with van der Waals surface area (Å²) in [5.41, 5.74) is 1.43. The largest absolute Gasteiger partial charge is 0.495 e. The van der Waals surface area contributed by atoms with Gasteiger partial charge in [0.2, 0.25) is 0 Å². The molecule has 0 atom stereocenters. The zero-order valence-corrected chi connectivity index (χ0v) is 14.4. The van der Waals surface area contributed by atoms with Crippen LogP contribution in [0.25, 0.3) is 0 Å². The lowest BCUT2D eigenvalue weighted by atomic mass is 10.2. The van der Waals surface area contributed by atoms with Crippen molar-refractivity contribution < 1.29 is 13.2 Å². The molecule has 1 heterocycles. The highest BCUT2D eigenvalue weighted by molar-refractivity contribution is 9.11. The number of aryl methyl sites for hydroxylation is 2. The minimum atomic E-state index is -3.62. The first kappa shape index (κ1) is 15.3. The molecule has 0 aliphatic carbocycles. The lowest BCUT2D eigenvalue weighted by Crippen LogP contribution is -2.13. The van der Waals surface area contributed by atoms with Crippen molar-refractivity contribution in [3.8, 4) is 5.75 Å². The van der Waals surface area contributed by atoms with Gasteiger partial charge in [-0.25, -0.2) is 8.42 Å². The van der Waals surface area contributed by atoms with Gasteiger partial charge in [0.05, 0.1) is 16.6 Å². The fourth-order valence-electron chi connectivity index (χ4n) is 1.78. The molecule has 0 spiro atoms. The molecule has 0 saturated heterocycles. The molecule has 0 bridgehead atoms. The van der Waals surface area contributed by atoms with Gasteiger partial charge in [-0.1, -0.05) is 6.07 Å². The summed E-state index contributed by atoms with van der Waals surface area (Å²) >= 11 is 4.69. The summed E-state index contributed by atoms with van der Waals surface area (Å²) in [5.74, 6) is 0.500. The predicted octanol–water partition coefficient (Wildman–Crippen LogP) is 3.94. The van der Waals surface area contributed by atoms with Crippen LogP contribution in [0, 0.1) is 13.8 Å². The first-order chi connectivity index (χ1) is 9.33. The molecule has 0 unspecified atom stereocenters. The molecule has 0 saturated carbocycles. The van der Waals surface area contributed by atoms with Crippen molar-refractivity contribution in [1.82, 2.24) is 0 Å². The van der Waals surface area contributed by atoms with Gasteiger partial charge >= 0.3 is 0 Å². The van der Waals surface area contributed by atoms with E-state index in [1.54, 1.807) is 25.1 Å². The van der Waals surface area contributed by atoms with Crippen LogP contribution in [0.1, 0.15) is 10.4 Å². The van der Waals surface area contributed by atoms with Crippen molar-refractivity contribution in [3.05, 3.63) is 38.5 Å². The van der Waals surface area contributed by atoms with Gasteiger partial charge in [0.25, 0.3) is 10.0 Å². The summed E-state index contributed by atoms with van der Waals surface area (Å²) in [6.45, 7) is 3.69. The molecule has 0 aliphatic heterocycles. The van der Waals surface area contributed by atoms with Crippen LogP contribution in [-0.4, -0.2) is 15.5 Å². The van der Waals surface area contributed by atoms with Crippen LogP contribution in [0.4, 0.5) is 5.69 Å². The maximum Gasteiger partial charge on any atom is 0.263 e. The van der Waals surface area contributed by atoms with E-state index in [2.05, 4.69) is 20.7 Å². The fraction of sp³-hybridized carbons (Fsp3) is 0.231. The topological polar surface area (TPSA) is 55.4 Å². The molecule has 2 rings (SSSR count). The number of rotatable bonds is 4. The number of sulfonamides is 1. The summed E-state index contributed by atoms with van der Waals surface area (Å²) in [4.78, 5) is 1.01. The Bertz CT molecular complexity index is 738. The van der Waals surface area contributed by atoms with E-state index in [0.717, 1.165) is 14.2 Å². The minimum Gasteiger partial charge on any atom is -0.495 e. The quantitative estimate of drug-likeness (QED) is 0.880. The number of hydrogen-bond donors (Lipinski definition) is 1. The highest BCUT2D eigenvalue weighted by Gasteiger charge is 2.21. The van der Waals surface area contributed by atoms with Gasteiger partial charge in [-0.3, -0.25) is 4.72 Å². The minimum absolute atomic E-state index is 0.275. The number of anilines is 1. The molecule has 2 aromatic rings. The van der Waals surface area contributed by atoms with E-state index in [1.807, 2.05) is 13.0 Å². The lowest BCUT2D eigenvalue weighted by molar-refractivity contribution is 0.416. The van der Waals surface area contributed by atoms with E-state index < -0.39 is 10.0 Å². The van der Waals surface area contributed by atoms with Gasteiger partial charge in [-0.15, -0.1) is 11.3 Å². The molecule has 108 valence electrons. The predicted molar refractivity (Wildman–Crippen MR) is 85.3 cm³/mol. The second-order valence-corrected chi connectivity index (χ2v) is 8.57. The number of thiophene rings is 1. The Morgan fingerprint density at radius 2 is 1.95 bits per heavy atom. The average molecular weight is 376 g/mol. The van der Waals surface area contributed by atoms with E-state index in [9.17, 15) is 8.42 Å². The van der Waals surface area contributed by atoms with Gasteiger partial charge < -0.3 is 4.74 Å². The number of benzene rings is 1. The Hall–Kier alpha value is -1.05. The molecule has 0 fully saturated rings. The monoisotopic (exact) mass is 375 g/mol. The normalized spacial score (nSPS) is 11.4. The van der Waals surface area contributed by atoms with Crippen LogP contribution in [0.5, 0.6) is 5.75 Å². The van der Waals surface area contributed by atoms with Crippen molar-refractivity contribution in [3.63, 3.8) is 0 Å². The Morgan fingerprint density at radius 1 is 1.25 bits per heavy atom. The van der Waals surface area contributed by atoms with Gasteiger partial charge in [0.15, 0.2) is 0 Å². The lowest BCUT2D eigenvalue weighted by Gasteiger charge is -2.12. The van der Waals surface area contributed by atoms with Gasteiger partial charge in [-0.05, 0) is 53.5 Å². The number of ether oxygens (including phenoxy) is 1. The summed E-state index contributed by atoms with van der Waals surface area (Å²) in [6.07, 6.45) is 0. The fourth-order valence-corrected chi connectivity index (χ4v) is 5.27. The molecule has 0 aliphatic rings. The number of methoxy groups -OCH3 is 1. The third kappa shape index (κ3) is 3.16. The summed E-state index contributed by atoms with van der Waals surface area (Å²) < 4.78 is 33.4. The van der Waals surface area contributed by atoms with Crippen molar-refractivity contribution in [2.75, 3.05) is 11.8 Å². The molecule has 0 radical (unpaired) electrons. The first-order valence-electron chi connectivity index (χ1n) is 5.77. The SMILES string of the molecule is COc1cc(C)ccc1NS(=O)(=O)c1cc(Br)sc1C. The summed E-state index contributed by atoms with van der Waals surface area (Å²) in [7, 11) is -2.11. The molecule has 1 N–H and O–H groups in total. The molecule has 0 amide bonds. The van der Waals surface area contributed by atoms with E-state index in [-0.39, 0.29) is 4.90 Å². The number of halogens is 1. The van der Waals surface area contributed by atoms with Crippen molar-refractivity contribution in [1.29, 1.82) is 0 Å². The summed E-state index contributed by atoms with van der Waals surface area (Å²) in [6, 6.07) is 6.91. The smallest absolute Gasteiger partial charge is 0.263 e. The van der Waals surface area contributed by atoms with Crippen LogP contribution >= 0.6 is 27.3 Å². The highest BCUT2D eigenvalue weighted by Crippen LogP contribution is 2.33. The molecule has 1 aromatic heterocycles.